The Hall–Kier alpha value is -2.57. The van der Waals surface area contributed by atoms with Gasteiger partial charge in [-0.05, 0) is 41.0 Å². The molecule has 0 radical (unpaired) electrons. The summed E-state index contributed by atoms with van der Waals surface area (Å²) < 4.78 is 43.4. The second kappa shape index (κ2) is 8.43. The summed E-state index contributed by atoms with van der Waals surface area (Å²) in [5.74, 6) is -0.590. The lowest BCUT2D eigenvalue weighted by molar-refractivity contribution is -0.137. The summed E-state index contributed by atoms with van der Waals surface area (Å²) in [5, 5.41) is 11.3. The third-order valence-corrected chi connectivity index (χ3v) is 4.92. The number of aliphatic hydroxyl groups is 1. The second-order valence-corrected chi connectivity index (χ2v) is 7.59. The highest BCUT2D eigenvalue weighted by molar-refractivity contribution is 6.24. The van der Waals surface area contributed by atoms with Gasteiger partial charge >= 0.3 is 12.1 Å². The van der Waals surface area contributed by atoms with Gasteiger partial charge in [0.05, 0.1) is 17.7 Å². The first-order chi connectivity index (χ1) is 13.7. The molecule has 0 aliphatic carbocycles. The first-order valence-electron chi connectivity index (χ1n) is 8.83. The molecular weight excluding hydrogens is 405 g/mol. The zero-order valence-corrected chi connectivity index (χ0v) is 16.0. The molecule has 0 bridgehead atoms. The van der Waals surface area contributed by atoms with Gasteiger partial charge in [-0.1, -0.05) is 48.5 Å². The van der Waals surface area contributed by atoms with Gasteiger partial charge in [-0.2, -0.15) is 13.2 Å². The zero-order chi connectivity index (χ0) is 21.1. The van der Waals surface area contributed by atoms with Gasteiger partial charge in [-0.25, -0.2) is 4.79 Å². The quantitative estimate of drug-likeness (QED) is 0.437. The third kappa shape index (κ3) is 5.08. The van der Waals surface area contributed by atoms with E-state index in [0.717, 1.165) is 22.9 Å². The molecule has 152 valence electrons. The molecule has 0 amide bonds. The largest absolute Gasteiger partial charge is 0.460 e. The van der Waals surface area contributed by atoms with E-state index in [-0.39, 0.29) is 13.0 Å². The lowest BCUT2D eigenvalue weighted by atomic mass is 9.98. The predicted octanol–water partition coefficient (Wildman–Crippen LogP) is 5.23. The molecule has 0 fully saturated rings. The number of carbonyl (C=O) groups is 1. The van der Waals surface area contributed by atoms with Gasteiger partial charge in [0.2, 0.25) is 0 Å². The van der Waals surface area contributed by atoms with Crippen LogP contribution in [0.3, 0.4) is 0 Å². The van der Waals surface area contributed by atoms with Crippen molar-refractivity contribution < 1.29 is 27.8 Å². The highest BCUT2D eigenvalue weighted by Gasteiger charge is 2.32. The molecule has 1 atom stereocenters. The Morgan fingerprint density at radius 1 is 0.966 bits per heavy atom. The van der Waals surface area contributed by atoms with Gasteiger partial charge in [-0.15, -0.1) is 11.6 Å². The minimum atomic E-state index is -4.43. The summed E-state index contributed by atoms with van der Waals surface area (Å²) >= 11 is 6.39. The number of esters is 1. The van der Waals surface area contributed by atoms with E-state index >= 15 is 0 Å². The number of alkyl halides is 4. The Labute approximate surface area is 170 Å². The number of aliphatic hydroxyl groups excluding tert-OH is 1. The zero-order valence-electron chi connectivity index (χ0n) is 15.2. The molecule has 1 N–H and O–H groups in total. The standard InChI is InChI=1S/C22H18ClF3O3/c23-21(13-27,12-15-8-10-17(11-9-15)22(24,25)26)14-29-20(28)19-7-3-5-16-4-1-2-6-18(16)19/h1-11,27H,12-14H2/t21-/m1/s1. The monoisotopic (exact) mass is 422 g/mol. The maximum absolute atomic E-state index is 12.7. The van der Waals surface area contributed by atoms with Crippen molar-refractivity contribution in [3.63, 3.8) is 0 Å². The van der Waals surface area contributed by atoms with E-state index in [1.807, 2.05) is 24.3 Å². The number of fused-ring (bicyclic) bond motifs is 1. The van der Waals surface area contributed by atoms with Crippen LogP contribution < -0.4 is 0 Å². The van der Waals surface area contributed by atoms with Gasteiger partial charge in [-0.3, -0.25) is 0 Å². The van der Waals surface area contributed by atoms with E-state index in [9.17, 15) is 23.1 Å². The van der Waals surface area contributed by atoms with Crippen molar-refractivity contribution in [2.45, 2.75) is 17.5 Å². The minimum Gasteiger partial charge on any atom is -0.460 e. The molecular formula is C22H18ClF3O3. The fourth-order valence-corrected chi connectivity index (χ4v) is 3.21. The summed E-state index contributed by atoms with van der Waals surface area (Å²) in [6, 6.07) is 17.1. The van der Waals surface area contributed by atoms with Crippen molar-refractivity contribution in [3.05, 3.63) is 83.4 Å². The van der Waals surface area contributed by atoms with Gasteiger partial charge in [0, 0.05) is 0 Å². The topological polar surface area (TPSA) is 46.5 Å². The lowest BCUT2D eigenvalue weighted by Crippen LogP contribution is -2.36. The number of carbonyl (C=O) groups excluding carboxylic acids is 1. The third-order valence-electron chi connectivity index (χ3n) is 4.56. The number of rotatable bonds is 6. The van der Waals surface area contributed by atoms with Crippen molar-refractivity contribution >= 4 is 28.3 Å². The maximum atomic E-state index is 12.7. The van der Waals surface area contributed by atoms with Gasteiger partial charge in [0.1, 0.15) is 11.5 Å². The molecule has 29 heavy (non-hydrogen) atoms. The highest BCUT2D eigenvalue weighted by Crippen LogP contribution is 2.30. The smallest absolute Gasteiger partial charge is 0.416 e. The molecule has 0 spiro atoms. The molecule has 0 saturated heterocycles. The van der Waals surface area contributed by atoms with Crippen LogP contribution in [0.5, 0.6) is 0 Å². The van der Waals surface area contributed by atoms with Crippen LogP contribution in [0.2, 0.25) is 0 Å². The van der Waals surface area contributed by atoms with Crippen LogP contribution in [0, 0.1) is 0 Å². The molecule has 7 heteroatoms. The Balaban J connectivity index is 1.71. The van der Waals surface area contributed by atoms with Crippen molar-refractivity contribution in [2.24, 2.45) is 0 Å². The van der Waals surface area contributed by atoms with E-state index in [2.05, 4.69) is 0 Å². The minimum absolute atomic E-state index is 0.0337. The van der Waals surface area contributed by atoms with Gasteiger partial charge < -0.3 is 9.84 Å². The average Bonchev–Trinajstić information content (AvgIpc) is 2.71. The van der Waals surface area contributed by atoms with Crippen molar-refractivity contribution in [1.29, 1.82) is 0 Å². The Bertz CT molecular complexity index is 997. The Morgan fingerprint density at radius 2 is 1.62 bits per heavy atom. The highest BCUT2D eigenvalue weighted by atomic mass is 35.5. The SMILES string of the molecule is O=C(OC[C@](Cl)(CO)Cc1ccc(C(F)(F)F)cc1)c1cccc2ccccc12. The van der Waals surface area contributed by atoms with E-state index in [1.54, 1.807) is 18.2 Å². The van der Waals surface area contributed by atoms with Gasteiger partial charge in [0.25, 0.3) is 0 Å². The summed E-state index contributed by atoms with van der Waals surface area (Å²) in [5.41, 5.74) is 0.0886. The van der Waals surface area contributed by atoms with E-state index in [4.69, 9.17) is 16.3 Å². The molecule has 0 aliphatic heterocycles. The summed E-state index contributed by atoms with van der Waals surface area (Å²) in [6.45, 7) is -0.813. The molecule has 3 aromatic rings. The molecule has 3 nitrogen and oxygen atoms in total. The molecule has 0 saturated carbocycles. The van der Waals surface area contributed by atoms with Crippen LogP contribution in [0.15, 0.2) is 66.7 Å². The van der Waals surface area contributed by atoms with Crippen LogP contribution in [-0.2, 0) is 17.3 Å². The molecule has 3 rings (SSSR count). The predicted molar refractivity (Wildman–Crippen MR) is 105 cm³/mol. The van der Waals surface area contributed by atoms with Crippen LogP contribution in [0.25, 0.3) is 10.8 Å². The number of benzene rings is 3. The van der Waals surface area contributed by atoms with Crippen LogP contribution in [-0.4, -0.2) is 29.2 Å². The van der Waals surface area contributed by atoms with E-state index in [0.29, 0.717) is 11.1 Å². The summed E-state index contributed by atoms with van der Waals surface area (Å²) in [7, 11) is 0. The molecule has 3 aromatic carbocycles. The summed E-state index contributed by atoms with van der Waals surface area (Å²) in [6.07, 6.45) is -4.40. The Morgan fingerprint density at radius 3 is 2.28 bits per heavy atom. The van der Waals surface area contributed by atoms with Crippen molar-refractivity contribution in [1.82, 2.24) is 0 Å². The van der Waals surface area contributed by atoms with Crippen molar-refractivity contribution in [2.75, 3.05) is 13.2 Å². The van der Waals surface area contributed by atoms with Crippen LogP contribution in [0.4, 0.5) is 13.2 Å². The first kappa shape index (κ1) is 21.1. The second-order valence-electron chi connectivity index (χ2n) is 6.78. The number of hydrogen-bond acceptors (Lipinski definition) is 3. The van der Waals surface area contributed by atoms with Crippen LogP contribution in [0.1, 0.15) is 21.5 Å². The first-order valence-corrected chi connectivity index (χ1v) is 9.20. The number of halogens is 4. The molecule has 0 heterocycles. The molecule has 0 aliphatic rings. The van der Waals surface area contributed by atoms with E-state index in [1.165, 1.54) is 12.1 Å². The molecule has 0 unspecified atom stereocenters. The maximum Gasteiger partial charge on any atom is 0.416 e. The summed E-state index contributed by atoms with van der Waals surface area (Å²) in [4.78, 5) is 11.2. The normalized spacial score (nSPS) is 13.8. The fourth-order valence-electron chi connectivity index (χ4n) is 3.01. The number of hydrogen-bond donors (Lipinski definition) is 1. The lowest BCUT2D eigenvalue weighted by Gasteiger charge is -2.24. The van der Waals surface area contributed by atoms with Crippen LogP contribution >= 0.6 is 11.6 Å². The van der Waals surface area contributed by atoms with Gasteiger partial charge in [0.15, 0.2) is 0 Å². The molecule has 0 aromatic heterocycles. The van der Waals surface area contributed by atoms with Crippen molar-refractivity contribution in [3.8, 4) is 0 Å². The number of ether oxygens (including phenoxy) is 1. The average molecular weight is 423 g/mol. The Kier molecular flexibility index (Phi) is 6.15. The fraction of sp³-hybridized carbons (Fsp3) is 0.227. The van der Waals surface area contributed by atoms with E-state index < -0.39 is 29.2 Å².